The number of para-hydroxylation sites is 1. The summed E-state index contributed by atoms with van der Waals surface area (Å²) in [4.78, 5) is 11.5. The van der Waals surface area contributed by atoms with Crippen molar-refractivity contribution in [2.75, 3.05) is 29.9 Å². The summed E-state index contributed by atoms with van der Waals surface area (Å²) >= 11 is 0. The van der Waals surface area contributed by atoms with Crippen molar-refractivity contribution in [1.82, 2.24) is 9.97 Å². The van der Waals surface area contributed by atoms with Gasteiger partial charge in [-0.25, -0.2) is 4.98 Å². The number of nitrogens with zero attached hydrogens (tertiary/aromatic N) is 3. The van der Waals surface area contributed by atoms with Gasteiger partial charge < -0.3 is 15.3 Å². The Hall–Kier alpha value is -1.88. The zero-order valence-electron chi connectivity index (χ0n) is 12.6. The van der Waals surface area contributed by atoms with Crippen molar-refractivity contribution in [3.05, 3.63) is 24.3 Å². The second-order valence-electron chi connectivity index (χ2n) is 5.65. The number of aliphatic hydroxyl groups is 1. The normalized spacial score (nSPS) is 20.0. The van der Waals surface area contributed by atoms with Gasteiger partial charge in [0.05, 0.1) is 11.6 Å². The Morgan fingerprint density at radius 2 is 2.19 bits per heavy atom. The van der Waals surface area contributed by atoms with Crippen LogP contribution in [0.5, 0.6) is 0 Å². The lowest BCUT2D eigenvalue weighted by atomic mass is 10.0. The van der Waals surface area contributed by atoms with E-state index in [1.807, 2.05) is 32.0 Å². The number of hydrogen-bond acceptors (Lipinski definition) is 5. The van der Waals surface area contributed by atoms with Gasteiger partial charge in [-0.05, 0) is 32.4 Å². The van der Waals surface area contributed by atoms with E-state index in [0.717, 1.165) is 42.8 Å². The molecule has 0 amide bonds. The van der Waals surface area contributed by atoms with Crippen LogP contribution in [0.1, 0.15) is 20.3 Å². The Morgan fingerprint density at radius 1 is 1.38 bits per heavy atom. The number of nitrogens with one attached hydrogen (secondary N) is 1. The van der Waals surface area contributed by atoms with Crippen LogP contribution in [-0.2, 0) is 0 Å². The second kappa shape index (κ2) is 5.85. The maximum Gasteiger partial charge on any atom is 0.225 e. The topological polar surface area (TPSA) is 61.3 Å². The predicted molar refractivity (Wildman–Crippen MR) is 85.7 cm³/mol. The highest BCUT2D eigenvalue weighted by atomic mass is 16.3. The highest BCUT2D eigenvalue weighted by Gasteiger charge is 2.28. The van der Waals surface area contributed by atoms with Gasteiger partial charge in [0.15, 0.2) is 0 Å². The molecule has 1 saturated heterocycles. The van der Waals surface area contributed by atoms with E-state index in [2.05, 4.69) is 26.3 Å². The molecule has 1 aliphatic heterocycles. The smallest absolute Gasteiger partial charge is 0.225 e. The van der Waals surface area contributed by atoms with E-state index in [-0.39, 0.29) is 6.10 Å². The lowest BCUT2D eigenvalue weighted by Crippen LogP contribution is -2.25. The van der Waals surface area contributed by atoms with Crippen LogP contribution >= 0.6 is 0 Å². The zero-order chi connectivity index (χ0) is 14.8. The van der Waals surface area contributed by atoms with Gasteiger partial charge in [0.1, 0.15) is 5.82 Å². The molecular formula is C16H22N4O. The Morgan fingerprint density at radius 3 is 2.90 bits per heavy atom. The van der Waals surface area contributed by atoms with Gasteiger partial charge in [-0.2, -0.15) is 4.98 Å². The predicted octanol–water partition coefficient (Wildman–Crippen LogP) is 2.27. The van der Waals surface area contributed by atoms with Crippen LogP contribution < -0.4 is 10.2 Å². The molecule has 0 saturated carbocycles. The third-order valence-electron chi connectivity index (χ3n) is 4.12. The molecule has 1 fully saturated rings. The van der Waals surface area contributed by atoms with Crippen molar-refractivity contribution in [3.63, 3.8) is 0 Å². The average Bonchev–Trinajstić information content (AvgIpc) is 2.96. The van der Waals surface area contributed by atoms with Gasteiger partial charge in [-0.3, -0.25) is 0 Å². The standard InChI is InChI=1S/C16H22N4O/c1-3-17-16-18-14-7-5-4-6-13(14)15(19-16)20-9-8-12(10-20)11(2)21/h4-7,11-12,21H,3,8-10H2,1-2H3,(H,17,18,19). The average molecular weight is 286 g/mol. The molecular weight excluding hydrogens is 264 g/mol. The van der Waals surface area contributed by atoms with Crippen LogP contribution in [-0.4, -0.2) is 40.8 Å². The maximum absolute atomic E-state index is 9.80. The van der Waals surface area contributed by atoms with Crippen LogP contribution in [0, 0.1) is 5.92 Å². The molecule has 2 N–H and O–H groups in total. The van der Waals surface area contributed by atoms with Gasteiger partial charge in [-0.15, -0.1) is 0 Å². The number of rotatable bonds is 4. The molecule has 0 bridgehead atoms. The second-order valence-corrected chi connectivity index (χ2v) is 5.65. The highest BCUT2D eigenvalue weighted by molar-refractivity contribution is 5.90. The van der Waals surface area contributed by atoms with Crippen molar-refractivity contribution in [1.29, 1.82) is 0 Å². The fraction of sp³-hybridized carbons (Fsp3) is 0.500. The summed E-state index contributed by atoms with van der Waals surface area (Å²) in [6.07, 6.45) is 0.739. The van der Waals surface area contributed by atoms with Gasteiger partial charge in [-0.1, -0.05) is 12.1 Å². The number of aliphatic hydroxyl groups excluding tert-OH is 1. The first-order valence-electron chi connectivity index (χ1n) is 7.62. The van der Waals surface area contributed by atoms with E-state index < -0.39 is 0 Å². The first kappa shape index (κ1) is 14.1. The Labute approximate surface area is 125 Å². The van der Waals surface area contributed by atoms with Crippen LogP contribution in [0.2, 0.25) is 0 Å². The minimum atomic E-state index is -0.267. The minimum absolute atomic E-state index is 0.267. The van der Waals surface area contributed by atoms with Crippen LogP contribution in [0.3, 0.4) is 0 Å². The number of aromatic nitrogens is 2. The van der Waals surface area contributed by atoms with E-state index in [9.17, 15) is 5.11 Å². The first-order valence-corrected chi connectivity index (χ1v) is 7.62. The van der Waals surface area contributed by atoms with E-state index in [1.165, 1.54) is 0 Å². The third kappa shape index (κ3) is 2.78. The molecule has 0 aliphatic carbocycles. The Balaban J connectivity index is 2.00. The van der Waals surface area contributed by atoms with Gasteiger partial charge >= 0.3 is 0 Å². The van der Waals surface area contributed by atoms with Crippen LogP contribution in [0.25, 0.3) is 10.9 Å². The Kier molecular flexibility index (Phi) is 3.92. The molecule has 1 aromatic carbocycles. The van der Waals surface area contributed by atoms with Crippen LogP contribution in [0.15, 0.2) is 24.3 Å². The summed E-state index contributed by atoms with van der Waals surface area (Å²) in [5.41, 5.74) is 0.957. The molecule has 0 radical (unpaired) electrons. The number of fused-ring (bicyclic) bond motifs is 1. The summed E-state index contributed by atoms with van der Waals surface area (Å²) in [5.74, 6) is 1.97. The quantitative estimate of drug-likeness (QED) is 0.903. The van der Waals surface area contributed by atoms with Crippen molar-refractivity contribution in [2.45, 2.75) is 26.4 Å². The van der Waals surface area contributed by atoms with Crippen molar-refractivity contribution < 1.29 is 5.11 Å². The molecule has 3 rings (SSSR count). The highest BCUT2D eigenvalue weighted by Crippen LogP contribution is 2.30. The van der Waals surface area contributed by atoms with E-state index in [0.29, 0.717) is 11.9 Å². The summed E-state index contributed by atoms with van der Waals surface area (Å²) < 4.78 is 0. The lowest BCUT2D eigenvalue weighted by molar-refractivity contribution is 0.136. The van der Waals surface area contributed by atoms with Gasteiger partial charge in [0.25, 0.3) is 0 Å². The molecule has 5 heteroatoms. The summed E-state index contributed by atoms with van der Waals surface area (Å²) in [7, 11) is 0. The molecule has 5 nitrogen and oxygen atoms in total. The molecule has 1 aromatic heterocycles. The SMILES string of the molecule is CCNc1nc(N2CCC(C(C)O)C2)c2ccccc2n1. The monoisotopic (exact) mass is 286 g/mol. The summed E-state index contributed by atoms with van der Waals surface area (Å²) in [6, 6.07) is 8.10. The third-order valence-corrected chi connectivity index (χ3v) is 4.12. The molecule has 21 heavy (non-hydrogen) atoms. The Bertz CT molecular complexity index is 629. The molecule has 2 atom stereocenters. The van der Waals surface area contributed by atoms with Gasteiger partial charge in [0, 0.05) is 30.9 Å². The molecule has 2 unspecified atom stereocenters. The van der Waals surface area contributed by atoms with Crippen LogP contribution in [0.4, 0.5) is 11.8 Å². The molecule has 0 spiro atoms. The van der Waals surface area contributed by atoms with Crippen molar-refractivity contribution in [3.8, 4) is 0 Å². The maximum atomic E-state index is 9.80. The number of benzene rings is 1. The molecule has 1 aliphatic rings. The summed E-state index contributed by atoms with van der Waals surface area (Å²) in [5, 5.41) is 14.1. The zero-order valence-corrected chi connectivity index (χ0v) is 12.6. The number of hydrogen-bond donors (Lipinski definition) is 2. The molecule has 112 valence electrons. The molecule has 2 heterocycles. The number of anilines is 2. The van der Waals surface area contributed by atoms with E-state index >= 15 is 0 Å². The van der Waals surface area contributed by atoms with Gasteiger partial charge in [0.2, 0.25) is 5.95 Å². The largest absolute Gasteiger partial charge is 0.393 e. The fourth-order valence-corrected chi connectivity index (χ4v) is 2.91. The molecule has 2 aromatic rings. The van der Waals surface area contributed by atoms with Crippen molar-refractivity contribution in [2.24, 2.45) is 5.92 Å². The minimum Gasteiger partial charge on any atom is -0.393 e. The fourth-order valence-electron chi connectivity index (χ4n) is 2.91. The van der Waals surface area contributed by atoms with Crippen molar-refractivity contribution >= 4 is 22.7 Å². The van der Waals surface area contributed by atoms with E-state index in [4.69, 9.17) is 0 Å². The first-order chi connectivity index (χ1) is 10.2. The van der Waals surface area contributed by atoms with E-state index in [1.54, 1.807) is 0 Å². The summed E-state index contributed by atoms with van der Waals surface area (Å²) in [6.45, 7) is 6.49. The lowest BCUT2D eigenvalue weighted by Gasteiger charge is -2.21.